The van der Waals surface area contributed by atoms with Crippen LogP contribution in [0.3, 0.4) is 0 Å². The Kier molecular flexibility index (Phi) is 4.65. The summed E-state index contributed by atoms with van der Waals surface area (Å²) in [5.74, 6) is 1.58. The molecular weight excluding hydrogens is 302 g/mol. The Morgan fingerprint density at radius 3 is 3.12 bits per heavy atom. The third-order valence-electron chi connectivity index (χ3n) is 3.18. The summed E-state index contributed by atoms with van der Waals surface area (Å²) in [7, 11) is 0. The van der Waals surface area contributed by atoms with Crippen LogP contribution in [0, 0.1) is 5.92 Å². The molecule has 0 aromatic carbocycles. The SMILES string of the molecule is NCCC1CCCN(c2ncc(Br)cc2Cl)C1. The number of hydrogen-bond acceptors (Lipinski definition) is 3. The van der Waals surface area contributed by atoms with Crippen molar-refractivity contribution in [2.75, 3.05) is 24.5 Å². The molecule has 1 aromatic rings. The first-order valence-electron chi connectivity index (χ1n) is 5.96. The van der Waals surface area contributed by atoms with Gasteiger partial charge in [-0.2, -0.15) is 0 Å². The first kappa shape index (κ1) is 13.1. The van der Waals surface area contributed by atoms with Crippen LogP contribution in [0.5, 0.6) is 0 Å². The van der Waals surface area contributed by atoms with Gasteiger partial charge in [-0.1, -0.05) is 11.6 Å². The van der Waals surface area contributed by atoms with Crippen LogP contribution >= 0.6 is 27.5 Å². The summed E-state index contributed by atoms with van der Waals surface area (Å²) in [6.07, 6.45) is 5.35. The van der Waals surface area contributed by atoms with Gasteiger partial charge in [-0.05, 0) is 53.7 Å². The number of nitrogens with zero attached hydrogens (tertiary/aromatic N) is 2. The number of aromatic nitrogens is 1. The molecule has 2 N–H and O–H groups in total. The molecule has 94 valence electrons. The Morgan fingerprint density at radius 2 is 2.41 bits per heavy atom. The zero-order chi connectivity index (χ0) is 12.3. The number of hydrogen-bond donors (Lipinski definition) is 1. The van der Waals surface area contributed by atoms with E-state index in [1.165, 1.54) is 12.8 Å². The highest BCUT2D eigenvalue weighted by atomic mass is 79.9. The minimum Gasteiger partial charge on any atom is -0.355 e. The minimum atomic E-state index is 0.676. The lowest BCUT2D eigenvalue weighted by molar-refractivity contribution is 0.394. The van der Waals surface area contributed by atoms with E-state index in [0.717, 1.165) is 36.3 Å². The van der Waals surface area contributed by atoms with Crippen molar-refractivity contribution in [3.63, 3.8) is 0 Å². The number of nitrogens with two attached hydrogens (primary N) is 1. The van der Waals surface area contributed by atoms with Crippen LogP contribution in [-0.2, 0) is 0 Å². The molecule has 17 heavy (non-hydrogen) atoms. The maximum atomic E-state index is 6.23. The third kappa shape index (κ3) is 3.33. The van der Waals surface area contributed by atoms with Crippen LogP contribution in [0.1, 0.15) is 19.3 Å². The summed E-state index contributed by atoms with van der Waals surface area (Å²) >= 11 is 9.60. The van der Waals surface area contributed by atoms with Gasteiger partial charge in [0.1, 0.15) is 5.82 Å². The minimum absolute atomic E-state index is 0.676. The second kappa shape index (κ2) is 6.03. The summed E-state index contributed by atoms with van der Waals surface area (Å²) in [5, 5.41) is 0.716. The zero-order valence-electron chi connectivity index (χ0n) is 9.70. The molecule has 0 aliphatic carbocycles. The molecule has 1 fully saturated rings. The van der Waals surface area contributed by atoms with Crippen molar-refractivity contribution in [2.24, 2.45) is 11.7 Å². The van der Waals surface area contributed by atoms with E-state index in [4.69, 9.17) is 17.3 Å². The van der Waals surface area contributed by atoms with Gasteiger partial charge in [-0.25, -0.2) is 4.98 Å². The summed E-state index contributed by atoms with van der Waals surface area (Å²) in [5.41, 5.74) is 5.63. The molecule has 1 atom stereocenters. The van der Waals surface area contributed by atoms with Gasteiger partial charge in [0.05, 0.1) is 5.02 Å². The summed E-state index contributed by atoms with van der Waals surface area (Å²) in [6, 6.07) is 1.90. The van der Waals surface area contributed by atoms with Crippen molar-refractivity contribution in [2.45, 2.75) is 19.3 Å². The lowest BCUT2D eigenvalue weighted by Gasteiger charge is -2.33. The Labute approximate surface area is 115 Å². The average molecular weight is 319 g/mol. The van der Waals surface area contributed by atoms with Crippen molar-refractivity contribution in [3.8, 4) is 0 Å². The van der Waals surface area contributed by atoms with E-state index in [0.29, 0.717) is 10.9 Å². The van der Waals surface area contributed by atoms with Crippen molar-refractivity contribution < 1.29 is 0 Å². The topological polar surface area (TPSA) is 42.1 Å². The average Bonchev–Trinajstić information content (AvgIpc) is 2.29. The van der Waals surface area contributed by atoms with E-state index >= 15 is 0 Å². The molecular formula is C12H17BrClN3. The smallest absolute Gasteiger partial charge is 0.147 e. The fourth-order valence-electron chi connectivity index (χ4n) is 2.37. The van der Waals surface area contributed by atoms with Gasteiger partial charge in [0.2, 0.25) is 0 Å². The largest absolute Gasteiger partial charge is 0.355 e. The van der Waals surface area contributed by atoms with Crippen molar-refractivity contribution >= 4 is 33.3 Å². The second-order valence-corrected chi connectivity index (χ2v) is 5.81. The number of anilines is 1. The van der Waals surface area contributed by atoms with Gasteiger partial charge in [0.25, 0.3) is 0 Å². The summed E-state index contributed by atoms with van der Waals surface area (Å²) in [6.45, 7) is 2.82. The van der Waals surface area contributed by atoms with E-state index in [1.807, 2.05) is 6.07 Å². The maximum absolute atomic E-state index is 6.23. The number of rotatable bonds is 3. The van der Waals surface area contributed by atoms with Gasteiger partial charge in [0.15, 0.2) is 0 Å². The van der Waals surface area contributed by atoms with Crippen molar-refractivity contribution in [3.05, 3.63) is 21.8 Å². The van der Waals surface area contributed by atoms with Gasteiger partial charge >= 0.3 is 0 Å². The van der Waals surface area contributed by atoms with Gasteiger partial charge in [-0.3, -0.25) is 0 Å². The van der Waals surface area contributed by atoms with Crippen molar-refractivity contribution in [1.82, 2.24) is 4.98 Å². The molecule has 1 aromatic heterocycles. The van der Waals surface area contributed by atoms with Crippen molar-refractivity contribution in [1.29, 1.82) is 0 Å². The monoisotopic (exact) mass is 317 g/mol. The molecule has 1 unspecified atom stereocenters. The lowest BCUT2D eigenvalue weighted by atomic mass is 9.95. The predicted molar refractivity (Wildman–Crippen MR) is 75.6 cm³/mol. The fraction of sp³-hybridized carbons (Fsp3) is 0.583. The highest BCUT2D eigenvalue weighted by Gasteiger charge is 2.21. The third-order valence-corrected chi connectivity index (χ3v) is 3.89. The molecule has 2 heterocycles. The summed E-state index contributed by atoms with van der Waals surface area (Å²) < 4.78 is 0.918. The number of halogens is 2. The van der Waals surface area contributed by atoms with Crippen LogP contribution in [0.25, 0.3) is 0 Å². The zero-order valence-corrected chi connectivity index (χ0v) is 12.0. The Morgan fingerprint density at radius 1 is 1.59 bits per heavy atom. The Bertz CT molecular complexity index is 384. The second-order valence-electron chi connectivity index (χ2n) is 4.49. The maximum Gasteiger partial charge on any atom is 0.147 e. The van der Waals surface area contributed by atoms with Crippen LogP contribution < -0.4 is 10.6 Å². The highest BCUT2D eigenvalue weighted by molar-refractivity contribution is 9.10. The summed E-state index contributed by atoms with van der Waals surface area (Å²) in [4.78, 5) is 6.69. The quantitative estimate of drug-likeness (QED) is 0.931. The lowest BCUT2D eigenvalue weighted by Crippen LogP contribution is -2.36. The molecule has 0 saturated carbocycles. The van der Waals surface area contributed by atoms with Crippen LogP contribution in [0.4, 0.5) is 5.82 Å². The molecule has 5 heteroatoms. The molecule has 1 aliphatic rings. The van der Waals surface area contributed by atoms with E-state index in [2.05, 4.69) is 25.8 Å². The van der Waals surface area contributed by atoms with E-state index in [-0.39, 0.29) is 0 Å². The molecule has 0 radical (unpaired) electrons. The molecule has 2 rings (SSSR count). The first-order chi connectivity index (χ1) is 8.20. The fourth-order valence-corrected chi connectivity index (χ4v) is 3.12. The normalized spacial score (nSPS) is 20.6. The Hall–Kier alpha value is -0.320. The van der Waals surface area contributed by atoms with E-state index in [9.17, 15) is 0 Å². The van der Waals surface area contributed by atoms with Crippen LogP contribution in [-0.4, -0.2) is 24.6 Å². The molecule has 0 bridgehead atoms. The molecule has 1 aliphatic heterocycles. The number of piperidine rings is 1. The van der Waals surface area contributed by atoms with E-state index in [1.54, 1.807) is 6.20 Å². The Balaban J connectivity index is 2.10. The first-order valence-corrected chi connectivity index (χ1v) is 7.14. The van der Waals surface area contributed by atoms with Crippen LogP contribution in [0.2, 0.25) is 5.02 Å². The standard InChI is InChI=1S/C12H17BrClN3/c13-10-6-11(14)12(16-7-10)17-5-1-2-9(8-17)3-4-15/h6-7,9H,1-5,8,15H2. The molecule has 1 saturated heterocycles. The molecule has 3 nitrogen and oxygen atoms in total. The van der Waals surface area contributed by atoms with Gasteiger partial charge in [0, 0.05) is 23.8 Å². The molecule has 0 spiro atoms. The van der Waals surface area contributed by atoms with E-state index < -0.39 is 0 Å². The molecule has 0 amide bonds. The number of pyridine rings is 1. The van der Waals surface area contributed by atoms with Crippen LogP contribution in [0.15, 0.2) is 16.7 Å². The van der Waals surface area contributed by atoms with Gasteiger partial charge < -0.3 is 10.6 Å². The van der Waals surface area contributed by atoms with Gasteiger partial charge in [-0.15, -0.1) is 0 Å². The highest BCUT2D eigenvalue weighted by Crippen LogP contribution is 2.30. The predicted octanol–water partition coefficient (Wildman–Crippen LogP) is 3.06.